The fraction of sp³-hybridized carbons (Fsp3) is 0.692. The molecule has 2 rings (SSSR count). The van der Waals surface area contributed by atoms with E-state index in [-0.39, 0.29) is 6.10 Å². The Morgan fingerprint density at radius 3 is 2.94 bits per heavy atom. The van der Waals surface area contributed by atoms with Gasteiger partial charge in [0.25, 0.3) is 0 Å². The monoisotopic (exact) mass is 269 g/mol. The lowest BCUT2D eigenvalue weighted by atomic mass is 10.1. The van der Waals surface area contributed by atoms with E-state index in [1.165, 1.54) is 12.7 Å². The van der Waals surface area contributed by atoms with Crippen molar-refractivity contribution in [2.24, 2.45) is 5.92 Å². The summed E-state index contributed by atoms with van der Waals surface area (Å²) in [5.74, 6) is 2.08. The summed E-state index contributed by atoms with van der Waals surface area (Å²) in [5.41, 5.74) is 0. The molecule has 0 bridgehead atoms. The van der Waals surface area contributed by atoms with Gasteiger partial charge in [0.1, 0.15) is 12.1 Å². The van der Waals surface area contributed by atoms with Gasteiger partial charge in [-0.1, -0.05) is 0 Å². The second kappa shape index (κ2) is 6.23. The normalized spacial score (nSPS) is 23.3. The number of hydrogen-bond donors (Lipinski definition) is 1. The molecule has 1 aliphatic rings. The van der Waals surface area contributed by atoms with Crippen LogP contribution in [0.3, 0.4) is 0 Å². The third-order valence-electron chi connectivity index (χ3n) is 3.05. The molecule has 1 N–H and O–H groups in total. The van der Waals surface area contributed by atoms with Crippen LogP contribution >= 0.6 is 11.6 Å². The number of hydrogen-bond acceptors (Lipinski definition) is 4. The molecular formula is C13H20ClN3O. The average molecular weight is 270 g/mol. The highest BCUT2D eigenvalue weighted by Gasteiger charge is 2.22. The van der Waals surface area contributed by atoms with Crippen LogP contribution in [0.2, 0.25) is 0 Å². The number of rotatable bonds is 5. The molecule has 1 heterocycles. The van der Waals surface area contributed by atoms with Gasteiger partial charge in [-0.25, -0.2) is 9.97 Å². The second-order valence-corrected chi connectivity index (χ2v) is 5.68. The van der Waals surface area contributed by atoms with Crippen LogP contribution in [0, 0.1) is 5.92 Å². The molecule has 0 aliphatic heterocycles. The zero-order valence-electron chi connectivity index (χ0n) is 10.9. The molecule has 0 spiro atoms. The topological polar surface area (TPSA) is 47.0 Å². The highest BCUT2D eigenvalue weighted by molar-refractivity contribution is 6.20. The van der Waals surface area contributed by atoms with Gasteiger partial charge in [0.05, 0.1) is 6.10 Å². The minimum atomic E-state index is 0.125. The van der Waals surface area contributed by atoms with Gasteiger partial charge < -0.3 is 10.1 Å². The van der Waals surface area contributed by atoms with Crippen LogP contribution in [0.4, 0.5) is 5.82 Å². The summed E-state index contributed by atoms with van der Waals surface area (Å²) >= 11 is 6.10. The molecule has 2 atom stereocenters. The van der Waals surface area contributed by atoms with E-state index in [1.807, 2.05) is 19.9 Å². The van der Waals surface area contributed by atoms with E-state index in [0.29, 0.717) is 17.2 Å². The molecule has 1 fully saturated rings. The number of aromatic nitrogens is 2. The van der Waals surface area contributed by atoms with Crippen molar-refractivity contribution in [2.75, 3.05) is 11.9 Å². The van der Waals surface area contributed by atoms with Crippen molar-refractivity contribution in [2.45, 2.75) is 44.6 Å². The Hall–Kier alpha value is -1.03. The van der Waals surface area contributed by atoms with E-state index in [1.54, 1.807) is 0 Å². The maximum Gasteiger partial charge on any atom is 0.218 e. The molecule has 0 saturated heterocycles. The first-order valence-electron chi connectivity index (χ1n) is 6.50. The minimum Gasteiger partial charge on any atom is -0.475 e. The maximum atomic E-state index is 6.10. The Balaban J connectivity index is 1.85. The molecule has 4 nitrogen and oxygen atoms in total. The molecular weight excluding hydrogens is 250 g/mol. The lowest BCUT2D eigenvalue weighted by Gasteiger charge is -2.12. The van der Waals surface area contributed by atoms with E-state index in [9.17, 15) is 0 Å². The molecule has 1 aliphatic carbocycles. The first-order valence-corrected chi connectivity index (χ1v) is 6.93. The van der Waals surface area contributed by atoms with Gasteiger partial charge in [0.15, 0.2) is 0 Å². The predicted octanol–water partition coefficient (Wildman–Crippen LogP) is 3.08. The number of halogens is 1. The molecule has 0 radical (unpaired) electrons. The summed E-state index contributed by atoms with van der Waals surface area (Å²) in [6, 6.07) is 1.84. The van der Waals surface area contributed by atoms with Crippen molar-refractivity contribution in [3.8, 4) is 5.88 Å². The standard InChI is InChI=1S/C13H20ClN3O/c1-9(2)18-13-6-12(16-8-17-13)15-7-10-3-4-11(14)5-10/h6,8-11H,3-5,7H2,1-2H3,(H,15,16,17). The summed E-state index contributed by atoms with van der Waals surface area (Å²) in [5, 5.41) is 3.68. The summed E-state index contributed by atoms with van der Waals surface area (Å²) in [7, 11) is 0. The summed E-state index contributed by atoms with van der Waals surface area (Å²) < 4.78 is 5.53. The molecule has 2 unspecified atom stereocenters. The Morgan fingerprint density at radius 2 is 2.28 bits per heavy atom. The van der Waals surface area contributed by atoms with Crippen LogP contribution in [0.25, 0.3) is 0 Å². The van der Waals surface area contributed by atoms with E-state index in [4.69, 9.17) is 16.3 Å². The Morgan fingerprint density at radius 1 is 1.44 bits per heavy atom. The number of anilines is 1. The SMILES string of the molecule is CC(C)Oc1cc(NCC2CCC(Cl)C2)ncn1. The van der Waals surface area contributed by atoms with Crippen molar-refractivity contribution in [1.29, 1.82) is 0 Å². The lowest BCUT2D eigenvalue weighted by molar-refractivity contribution is 0.232. The van der Waals surface area contributed by atoms with Crippen LogP contribution in [-0.4, -0.2) is 28.0 Å². The van der Waals surface area contributed by atoms with Crippen molar-refractivity contribution < 1.29 is 4.74 Å². The molecule has 0 amide bonds. The summed E-state index contributed by atoms with van der Waals surface area (Å²) in [6.45, 7) is 4.88. The van der Waals surface area contributed by atoms with Crippen molar-refractivity contribution in [3.05, 3.63) is 12.4 Å². The van der Waals surface area contributed by atoms with Crippen LogP contribution in [0.15, 0.2) is 12.4 Å². The van der Waals surface area contributed by atoms with Crippen LogP contribution in [-0.2, 0) is 0 Å². The molecule has 100 valence electrons. The van der Waals surface area contributed by atoms with E-state index >= 15 is 0 Å². The van der Waals surface area contributed by atoms with E-state index < -0.39 is 0 Å². The van der Waals surface area contributed by atoms with Gasteiger partial charge in [0, 0.05) is 18.0 Å². The number of alkyl halides is 1. The molecule has 5 heteroatoms. The fourth-order valence-corrected chi connectivity index (χ4v) is 2.57. The highest BCUT2D eigenvalue weighted by atomic mass is 35.5. The molecule has 1 aromatic rings. The van der Waals surface area contributed by atoms with Gasteiger partial charge >= 0.3 is 0 Å². The summed E-state index contributed by atoms with van der Waals surface area (Å²) in [6.07, 6.45) is 5.06. The van der Waals surface area contributed by atoms with Crippen molar-refractivity contribution in [3.63, 3.8) is 0 Å². The average Bonchev–Trinajstić information content (AvgIpc) is 2.72. The largest absolute Gasteiger partial charge is 0.475 e. The van der Waals surface area contributed by atoms with Crippen LogP contribution < -0.4 is 10.1 Å². The second-order valence-electron chi connectivity index (χ2n) is 5.07. The zero-order chi connectivity index (χ0) is 13.0. The maximum absolute atomic E-state index is 6.10. The first kappa shape index (κ1) is 13.4. The van der Waals surface area contributed by atoms with Gasteiger partial charge in [-0.05, 0) is 39.0 Å². The van der Waals surface area contributed by atoms with Gasteiger partial charge in [-0.2, -0.15) is 0 Å². The van der Waals surface area contributed by atoms with E-state index in [0.717, 1.165) is 25.2 Å². The Kier molecular flexibility index (Phi) is 4.64. The van der Waals surface area contributed by atoms with Crippen molar-refractivity contribution >= 4 is 17.4 Å². The number of nitrogens with one attached hydrogen (secondary N) is 1. The minimum absolute atomic E-state index is 0.125. The predicted molar refractivity (Wildman–Crippen MR) is 73.3 cm³/mol. The van der Waals surface area contributed by atoms with Gasteiger partial charge in [0.2, 0.25) is 5.88 Å². The van der Waals surface area contributed by atoms with Crippen LogP contribution in [0.5, 0.6) is 5.88 Å². The third-order valence-corrected chi connectivity index (χ3v) is 3.44. The first-order chi connectivity index (χ1) is 8.63. The number of nitrogens with zero attached hydrogens (tertiary/aromatic N) is 2. The molecule has 18 heavy (non-hydrogen) atoms. The van der Waals surface area contributed by atoms with Gasteiger partial charge in [-0.15, -0.1) is 11.6 Å². The van der Waals surface area contributed by atoms with Crippen molar-refractivity contribution in [1.82, 2.24) is 9.97 Å². The lowest BCUT2D eigenvalue weighted by Crippen LogP contribution is -2.13. The molecule has 0 aromatic carbocycles. The summed E-state index contributed by atoms with van der Waals surface area (Å²) in [4.78, 5) is 8.27. The van der Waals surface area contributed by atoms with Gasteiger partial charge in [-0.3, -0.25) is 0 Å². The smallest absolute Gasteiger partial charge is 0.218 e. The highest BCUT2D eigenvalue weighted by Crippen LogP contribution is 2.29. The Labute approximate surface area is 113 Å². The van der Waals surface area contributed by atoms with E-state index in [2.05, 4.69) is 15.3 Å². The van der Waals surface area contributed by atoms with Crippen LogP contribution in [0.1, 0.15) is 33.1 Å². The third kappa shape index (κ3) is 4.02. The molecule has 1 aromatic heterocycles. The molecule has 1 saturated carbocycles. The zero-order valence-corrected chi connectivity index (χ0v) is 11.7. The number of ether oxygens (including phenoxy) is 1. The fourth-order valence-electron chi connectivity index (χ4n) is 2.19. The Bertz CT molecular complexity index is 386. The quantitative estimate of drug-likeness (QED) is 0.835.